The van der Waals surface area contributed by atoms with E-state index in [1.54, 1.807) is 55.5 Å². The zero-order chi connectivity index (χ0) is 27.4. The van der Waals surface area contributed by atoms with Crippen molar-refractivity contribution in [2.24, 2.45) is 4.99 Å². The molecule has 7 nitrogen and oxygen atoms in total. The molecule has 0 unspecified atom stereocenters. The number of hydrogen-bond acceptors (Lipinski definition) is 5. The average molecular weight is 551 g/mol. The number of ether oxygens (including phenoxy) is 2. The van der Waals surface area contributed by atoms with Crippen molar-refractivity contribution in [1.29, 1.82) is 5.26 Å². The summed E-state index contributed by atoms with van der Waals surface area (Å²) in [6.07, 6.45) is -0.132. The molecule has 0 aromatic heterocycles. The average Bonchev–Trinajstić information content (AvgIpc) is 3.29. The van der Waals surface area contributed by atoms with E-state index < -0.39 is 12.1 Å². The fraction of sp³-hybridized carbons (Fsp3) is 0.276. The topological polar surface area (TPSA) is 78.2 Å². The zero-order valence-electron chi connectivity index (χ0n) is 21.6. The minimum Gasteiger partial charge on any atom is -0.497 e. The summed E-state index contributed by atoms with van der Waals surface area (Å²) in [5.74, 6) is 1.58. The number of methoxy groups -OCH3 is 1. The predicted molar refractivity (Wildman–Crippen MR) is 149 cm³/mol. The van der Waals surface area contributed by atoms with Crippen molar-refractivity contribution in [2.75, 3.05) is 20.7 Å². The Balaban J connectivity index is 1.96. The number of halogens is 2. The Hall–Kier alpha value is -3.73. The molecule has 0 saturated carbocycles. The molecule has 1 aliphatic rings. The maximum absolute atomic E-state index is 14.0. The molecule has 1 heterocycles. The van der Waals surface area contributed by atoms with Crippen LogP contribution >= 0.6 is 23.2 Å². The predicted octanol–water partition coefficient (Wildman–Crippen LogP) is 6.91. The molecule has 0 radical (unpaired) electrons. The van der Waals surface area contributed by atoms with Crippen LogP contribution in [-0.2, 0) is 0 Å². The number of aliphatic imine (C=N–C) groups is 1. The van der Waals surface area contributed by atoms with Crippen LogP contribution in [0.3, 0.4) is 0 Å². The molecular weight excluding hydrogens is 523 g/mol. The molecule has 0 bridgehead atoms. The van der Waals surface area contributed by atoms with Crippen LogP contribution < -0.4 is 9.47 Å². The second-order valence-electron chi connectivity index (χ2n) is 9.14. The summed E-state index contributed by atoms with van der Waals surface area (Å²) in [5, 5.41) is 10.5. The summed E-state index contributed by atoms with van der Waals surface area (Å²) in [6.45, 7) is 3.77. The number of hydrogen-bond donors (Lipinski definition) is 0. The molecule has 3 aromatic rings. The highest BCUT2D eigenvalue weighted by molar-refractivity contribution is 6.30. The zero-order valence-corrected chi connectivity index (χ0v) is 23.1. The van der Waals surface area contributed by atoms with E-state index in [1.165, 1.54) is 4.90 Å². The first-order chi connectivity index (χ1) is 18.2. The van der Waals surface area contributed by atoms with E-state index in [1.807, 2.05) is 44.2 Å². The lowest BCUT2D eigenvalue weighted by atomic mass is 9.94. The van der Waals surface area contributed by atoms with Gasteiger partial charge in [0, 0.05) is 23.2 Å². The number of carbonyl (C=O) groups is 1. The van der Waals surface area contributed by atoms with Gasteiger partial charge in [-0.15, -0.1) is 0 Å². The summed E-state index contributed by atoms with van der Waals surface area (Å²) in [6, 6.07) is 20.9. The van der Waals surface area contributed by atoms with E-state index in [-0.39, 0.29) is 18.7 Å². The number of benzene rings is 3. The van der Waals surface area contributed by atoms with E-state index >= 15 is 0 Å². The number of nitriles is 1. The molecule has 0 saturated heterocycles. The second-order valence-corrected chi connectivity index (χ2v) is 10.0. The Kier molecular flexibility index (Phi) is 8.45. The normalized spacial score (nSPS) is 16.7. The van der Waals surface area contributed by atoms with Gasteiger partial charge in [0.25, 0.3) is 0 Å². The molecule has 9 heteroatoms. The lowest BCUT2D eigenvalue weighted by Gasteiger charge is -2.32. The minimum atomic E-state index is -0.522. The Bertz CT molecular complexity index is 1370. The van der Waals surface area contributed by atoms with Gasteiger partial charge in [-0.05, 0) is 61.4 Å². The molecule has 4 rings (SSSR count). The molecule has 0 N–H and O–H groups in total. The van der Waals surface area contributed by atoms with Crippen LogP contribution in [-0.4, -0.2) is 48.5 Å². The highest BCUT2D eigenvalue weighted by Crippen LogP contribution is 2.45. The van der Waals surface area contributed by atoms with E-state index in [0.29, 0.717) is 32.9 Å². The highest BCUT2D eigenvalue weighted by Gasteiger charge is 2.44. The lowest BCUT2D eigenvalue weighted by Crippen LogP contribution is -2.45. The second kappa shape index (κ2) is 11.8. The van der Waals surface area contributed by atoms with Gasteiger partial charge in [0.05, 0.1) is 30.9 Å². The number of nitrogens with zero attached hydrogens (tertiary/aromatic N) is 4. The maximum atomic E-state index is 14.0. The van der Waals surface area contributed by atoms with Crippen molar-refractivity contribution in [3.8, 4) is 17.6 Å². The summed E-state index contributed by atoms with van der Waals surface area (Å²) in [7, 11) is 3.18. The lowest BCUT2D eigenvalue weighted by molar-refractivity contribution is 0.178. The van der Waals surface area contributed by atoms with Gasteiger partial charge in [-0.2, -0.15) is 5.26 Å². The molecule has 2 amide bonds. The number of amides is 2. The van der Waals surface area contributed by atoms with Gasteiger partial charge < -0.3 is 14.4 Å². The third-order valence-corrected chi connectivity index (χ3v) is 6.63. The Morgan fingerprint density at radius 2 is 1.66 bits per heavy atom. The smallest absolute Gasteiger partial charge is 0.326 e. The largest absolute Gasteiger partial charge is 0.497 e. The SMILES string of the molecule is COc1ccc(C2=N[C@H](c3ccc(Cl)cc3)[C@H](c3ccc(Cl)cc3)N2C(=O)N(C)CC#N)c(OC(C)C)c1. The summed E-state index contributed by atoms with van der Waals surface area (Å²) in [4.78, 5) is 22.1. The van der Waals surface area contributed by atoms with Crippen molar-refractivity contribution in [3.63, 3.8) is 0 Å². The van der Waals surface area contributed by atoms with E-state index in [2.05, 4.69) is 6.07 Å². The molecule has 0 spiro atoms. The van der Waals surface area contributed by atoms with Crippen molar-refractivity contribution >= 4 is 35.1 Å². The van der Waals surface area contributed by atoms with Crippen LogP contribution in [0.5, 0.6) is 11.5 Å². The van der Waals surface area contributed by atoms with Gasteiger partial charge in [-0.1, -0.05) is 47.5 Å². The fourth-order valence-electron chi connectivity index (χ4n) is 4.38. The molecule has 3 aromatic carbocycles. The van der Waals surface area contributed by atoms with Gasteiger partial charge in [-0.25, -0.2) is 4.79 Å². The number of carbonyl (C=O) groups excluding carboxylic acids is 1. The standard InChI is InChI=1S/C29H28Cl2N4O3/c1-18(2)38-25-17-23(37-4)13-14-24(25)28-33-26(19-5-9-21(30)10-6-19)27(20-7-11-22(31)12-8-20)35(28)29(36)34(3)16-15-32/h5-14,17-18,26-27H,16H2,1-4H3/t26-,27+/m1/s1. The molecular formula is C29H28Cl2N4O3. The van der Waals surface area contributed by atoms with E-state index in [9.17, 15) is 10.1 Å². The van der Waals surface area contributed by atoms with Gasteiger partial charge in [0.1, 0.15) is 29.9 Å². The fourth-order valence-corrected chi connectivity index (χ4v) is 4.63. The van der Waals surface area contributed by atoms with Crippen molar-refractivity contribution in [3.05, 3.63) is 93.5 Å². The summed E-state index contributed by atoms with van der Waals surface area (Å²) >= 11 is 12.4. The van der Waals surface area contributed by atoms with Crippen molar-refractivity contribution < 1.29 is 14.3 Å². The van der Waals surface area contributed by atoms with Gasteiger partial charge in [0.15, 0.2) is 0 Å². The van der Waals surface area contributed by atoms with Crippen molar-refractivity contribution in [2.45, 2.75) is 32.0 Å². The first-order valence-corrected chi connectivity index (χ1v) is 12.8. The monoisotopic (exact) mass is 550 g/mol. The molecule has 38 heavy (non-hydrogen) atoms. The van der Waals surface area contributed by atoms with E-state index in [4.69, 9.17) is 37.7 Å². The molecule has 2 atom stereocenters. The van der Waals surface area contributed by atoms with Crippen LogP contribution in [0.25, 0.3) is 0 Å². The number of urea groups is 1. The van der Waals surface area contributed by atoms with Crippen LogP contribution in [0, 0.1) is 11.3 Å². The highest BCUT2D eigenvalue weighted by atomic mass is 35.5. The first-order valence-electron chi connectivity index (χ1n) is 12.1. The van der Waals surface area contributed by atoms with Crippen LogP contribution in [0.1, 0.15) is 42.6 Å². The third-order valence-electron chi connectivity index (χ3n) is 6.12. The van der Waals surface area contributed by atoms with Gasteiger partial charge >= 0.3 is 6.03 Å². The Morgan fingerprint density at radius 1 is 1.05 bits per heavy atom. The molecule has 1 aliphatic heterocycles. The summed E-state index contributed by atoms with van der Waals surface area (Å²) in [5.41, 5.74) is 2.35. The van der Waals surface area contributed by atoms with Crippen molar-refractivity contribution in [1.82, 2.24) is 9.80 Å². The van der Waals surface area contributed by atoms with Gasteiger partial charge in [-0.3, -0.25) is 9.89 Å². The number of amidine groups is 1. The van der Waals surface area contributed by atoms with Crippen LogP contribution in [0.15, 0.2) is 71.7 Å². The Labute approximate surface area is 232 Å². The number of rotatable bonds is 7. The first kappa shape index (κ1) is 27.3. The Morgan fingerprint density at radius 3 is 2.21 bits per heavy atom. The van der Waals surface area contributed by atoms with E-state index in [0.717, 1.165) is 11.1 Å². The van der Waals surface area contributed by atoms with Crippen LogP contribution in [0.2, 0.25) is 10.0 Å². The maximum Gasteiger partial charge on any atom is 0.326 e. The minimum absolute atomic E-state index is 0.0838. The summed E-state index contributed by atoms with van der Waals surface area (Å²) < 4.78 is 11.6. The van der Waals surface area contributed by atoms with Gasteiger partial charge in [0.2, 0.25) is 0 Å². The molecule has 0 aliphatic carbocycles. The van der Waals surface area contributed by atoms with Crippen LogP contribution in [0.4, 0.5) is 4.79 Å². The molecule has 0 fully saturated rings. The third kappa shape index (κ3) is 5.72. The quantitative estimate of drug-likeness (QED) is 0.299. The molecule has 196 valence electrons.